The highest BCUT2D eigenvalue weighted by molar-refractivity contribution is 5.86. The van der Waals surface area contributed by atoms with Crippen LogP contribution in [0.2, 0.25) is 0 Å². The second-order valence-electron chi connectivity index (χ2n) is 9.87. The molecule has 7 N–H and O–H groups in total. The van der Waals surface area contributed by atoms with Crippen LogP contribution in [0.5, 0.6) is 17.2 Å². The fraction of sp³-hybridized carbons (Fsp3) is 0.444. The quantitative estimate of drug-likeness (QED) is 0.167. The van der Waals surface area contributed by atoms with Crippen LogP contribution in [0.3, 0.4) is 0 Å². The fourth-order valence-electron chi connectivity index (χ4n) is 4.62. The predicted octanol–water partition coefficient (Wildman–Crippen LogP) is -1.18. The number of hydrogen-bond donors (Lipinski definition) is 7. The molecular formula is C27H30O14. The van der Waals surface area contributed by atoms with Crippen molar-refractivity contribution in [1.29, 1.82) is 0 Å². The first kappa shape index (κ1) is 29.2. The van der Waals surface area contributed by atoms with E-state index >= 15 is 0 Å². The van der Waals surface area contributed by atoms with Crippen molar-refractivity contribution in [3.8, 4) is 28.6 Å². The molecule has 14 nitrogen and oxygen atoms in total. The molecule has 2 fully saturated rings. The molecule has 2 aliphatic rings. The van der Waals surface area contributed by atoms with E-state index in [1.165, 1.54) is 19.2 Å². The van der Waals surface area contributed by atoms with Crippen molar-refractivity contribution in [2.45, 2.75) is 48.7 Å². The third kappa shape index (κ3) is 5.61. The van der Waals surface area contributed by atoms with Crippen molar-refractivity contribution in [3.63, 3.8) is 0 Å². The minimum Gasteiger partial charge on any atom is -0.507 e. The first-order chi connectivity index (χ1) is 19.5. The van der Waals surface area contributed by atoms with Crippen molar-refractivity contribution < 1.29 is 63.8 Å². The number of hydrogen-bond acceptors (Lipinski definition) is 14. The minimum atomic E-state index is -1.93. The van der Waals surface area contributed by atoms with E-state index in [0.29, 0.717) is 11.3 Å². The van der Waals surface area contributed by atoms with Gasteiger partial charge in [0.05, 0.1) is 26.9 Å². The number of aromatic hydroxyl groups is 1. The SMILES string of the molecule is COc1ccc(-c2cc(=O)c3c(O)cc(O[C@@H]4OC(CO[C@@H]5OCC(O)(CO)[C@@H]5O)[C@@H](O)[C@H](O)C4O)cc3o2)cc1. The Kier molecular flexibility index (Phi) is 8.20. The van der Waals surface area contributed by atoms with Gasteiger partial charge < -0.3 is 63.8 Å². The molecule has 8 atom stereocenters. The summed E-state index contributed by atoms with van der Waals surface area (Å²) in [5.41, 5.74) is -1.92. The third-order valence-electron chi connectivity index (χ3n) is 7.08. The Morgan fingerprint density at radius 1 is 0.976 bits per heavy atom. The van der Waals surface area contributed by atoms with Gasteiger partial charge in [-0.1, -0.05) is 0 Å². The van der Waals surface area contributed by atoms with Crippen LogP contribution < -0.4 is 14.9 Å². The molecule has 222 valence electrons. The molecule has 0 saturated carbocycles. The minimum absolute atomic E-state index is 0.0344. The molecule has 2 aliphatic heterocycles. The first-order valence-corrected chi connectivity index (χ1v) is 12.6. The molecular weight excluding hydrogens is 548 g/mol. The average Bonchev–Trinajstić information content (AvgIpc) is 3.25. The normalized spacial score (nSPS) is 31.8. The lowest BCUT2D eigenvalue weighted by Crippen LogP contribution is -2.60. The second-order valence-corrected chi connectivity index (χ2v) is 9.87. The lowest BCUT2D eigenvalue weighted by atomic mass is 9.99. The number of fused-ring (bicyclic) bond motifs is 1. The van der Waals surface area contributed by atoms with Gasteiger partial charge in [-0.05, 0) is 24.3 Å². The molecule has 41 heavy (non-hydrogen) atoms. The summed E-state index contributed by atoms with van der Waals surface area (Å²) in [5.74, 6) is 0.239. The van der Waals surface area contributed by atoms with Gasteiger partial charge in [-0.3, -0.25) is 4.79 Å². The van der Waals surface area contributed by atoms with Crippen LogP contribution in [-0.2, 0) is 14.2 Å². The van der Waals surface area contributed by atoms with Gasteiger partial charge in [0.1, 0.15) is 70.1 Å². The second kappa shape index (κ2) is 11.5. The molecule has 0 spiro atoms. The molecule has 2 aromatic carbocycles. The van der Waals surface area contributed by atoms with Crippen LogP contribution >= 0.6 is 0 Å². The Hall–Kier alpha value is -3.31. The Balaban J connectivity index is 1.35. The maximum absolute atomic E-state index is 12.8. The van der Waals surface area contributed by atoms with Gasteiger partial charge in [0.15, 0.2) is 11.7 Å². The number of aliphatic hydroxyl groups is 6. The van der Waals surface area contributed by atoms with E-state index in [1.807, 2.05) is 0 Å². The molecule has 1 aromatic heterocycles. The Morgan fingerprint density at radius 3 is 2.37 bits per heavy atom. The maximum atomic E-state index is 12.8. The van der Waals surface area contributed by atoms with Crippen molar-refractivity contribution in [2.24, 2.45) is 0 Å². The van der Waals surface area contributed by atoms with E-state index in [2.05, 4.69) is 0 Å². The average molecular weight is 579 g/mol. The van der Waals surface area contributed by atoms with Crippen LogP contribution in [0.1, 0.15) is 0 Å². The van der Waals surface area contributed by atoms with Crippen molar-refractivity contribution in [3.05, 3.63) is 52.7 Å². The Morgan fingerprint density at radius 2 is 1.71 bits per heavy atom. The number of phenols is 1. The number of aliphatic hydroxyl groups excluding tert-OH is 5. The fourth-order valence-corrected chi connectivity index (χ4v) is 4.62. The highest BCUT2D eigenvalue weighted by atomic mass is 16.7. The summed E-state index contributed by atoms with van der Waals surface area (Å²) < 4.78 is 32.8. The van der Waals surface area contributed by atoms with Crippen molar-refractivity contribution >= 4 is 11.0 Å². The van der Waals surface area contributed by atoms with Crippen LogP contribution in [0.15, 0.2) is 51.7 Å². The van der Waals surface area contributed by atoms with Crippen molar-refractivity contribution in [1.82, 2.24) is 0 Å². The molecule has 3 aromatic rings. The van der Waals surface area contributed by atoms with Gasteiger partial charge in [-0.25, -0.2) is 0 Å². The summed E-state index contributed by atoms with van der Waals surface area (Å²) in [6.45, 7) is -1.66. The standard InChI is InChI=1S/C27H30O14/c1-36-13-4-2-12(3-5-13)17-8-16(30)20-15(29)6-14(7-18(20)40-17)39-25-23(33)22(32)21(31)19(41-25)9-37-26-24(34)27(35,10-28)11-38-26/h2-8,19,21-26,28-29,31-35H,9-11H2,1H3/t19?,21-,22+,23?,24-,25-,26-,27?/m1/s1. The van der Waals surface area contributed by atoms with Gasteiger partial charge in [-0.2, -0.15) is 0 Å². The topological polar surface area (TPSA) is 218 Å². The molecule has 14 heteroatoms. The molecule has 0 radical (unpaired) electrons. The van der Waals surface area contributed by atoms with Gasteiger partial charge >= 0.3 is 0 Å². The summed E-state index contributed by atoms with van der Waals surface area (Å²) in [4.78, 5) is 12.8. The van der Waals surface area contributed by atoms with E-state index in [-0.39, 0.29) is 22.5 Å². The summed E-state index contributed by atoms with van der Waals surface area (Å²) in [6.07, 6.45) is -11.0. The Bertz CT molecular complexity index is 1420. The summed E-state index contributed by atoms with van der Waals surface area (Å²) >= 11 is 0. The smallest absolute Gasteiger partial charge is 0.229 e. The van der Waals surface area contributed by atoms with E-state index < -0.39 is 79.7 Å². The lowest BCUT2D eigenvalue weighted by Gasteiger charge is -2.40. The van der Waals surface area contributed by atoms with E-state index in [0.717, 1.165) is 6.07 Å². The van der Waals surface area contributed by atoms with Crippen LogP contribution in [-0.4, -0.2) is 111 Å². The van der Waals surface area contributed by atoms with Crippen LogP contribution in [0.4, 0.5) is 0 Å². The molecule has 2 saturated heterocycles. The van der Waals surface area contributed by atoms with Crippen molar-refractivity contribution in [2.75, 3.05) is 26.9 Å². The van der Waals surface area contributed by atoms with E-state index in [4.69, 9.17) is 28.1 Å². The van der Waals surface area contributed by atoms with Gasteiger partial charge in [0, 0.05) is 23.8 Å². The van der Waals surface area contributed by atoms with E-state index in [9.17, 15) is 40.5 Å². The molecule has 3 unspecified atom stereocenters. The number of phenolic OH excluding ortho intramolecular Hbond substituents is 1. The zero-order valence-corrected chi connectivity index (χ0v) is 21.7. The molecule has 5 rings (SSSR count). The summed E-state index contributed by atoms with van der Waals surface area (Å²) in [6, 6.07) is 10.4. The molecule has 0 amide bonds. The highest BCUT2D eigenvalue weighted by Gasteiger charge is 2.50. The van der Waals surface area contributed by atoms with E-state index in [1.54, 1.807) is 24.3 Å². The maximum Gasteiger partial charge on any atom is 0.229 e. The van der Waals surface area contributed by atoms with Crippen LogP contribution in [0, 0.1) is 0 Å². The zero-order valence-electron chi connectivity index (χ0n) is 21.7. The lowest BCUT2D eigenvalue weighted by molar-refractivity contribution is -0.289. The first-order valence-electron chi connectivity index (χ1n) is 12.6. The monoisotopic (exact) mass is 578 g/mol. The number of ether oxygens (including phenoxy) is 5. The highest BCUT2D eigenvalue weighted by Crippen LogP contribution is 2.34. The Labute approximate surface area is 232 Å². The zero-order chi connectivity index (χ0) is 29.5. The molecule has 0 aliphatic carbocycles. The largest absolute Gasteiger partial charge is 0.507 e. The van der Waals surface area contributed by atoms with Gasteiger partial charge in [0.2, 0.25) is 6.29 Å². The third-order valence-corrected chi connectivity index (χ3v) is 7.08. The van der Waals surface area contributed by atoms with Gasteiger partial charge in [-0.15, -0.1) is 0 Å². The van der Waals surface area contributed by atoms with Gasteiger partial charge in [0.25, 0.3) is 0 Å². The predicted molar refractivity (Wildman–Crippen MR) is 137 cm³/mol. The molecule has 0 bridgehead atoms. The number of methoxy groups -OCH3 is 1. The van der Waals surface area contributed by atoms with Crippen LogP contribution in [0.25, 0.3) is 22.3 Å². The number of rotatable bonds is 8. The number of benzene rings is 2. The summed E-state index contributed by atoms with van der Waals surface area (Å²) in [7, 11) is 1.52. The summed E-state index contributed by atoms with van der Waals surface area (Å²) in [5, 5.41) is 71.3. The molecule has 3 heterocycles.